The molecule has 2 aromatic rings. The Morgan fingerprint density at radius 1 is 1.17 bits per heavy atom. The number of rotatable bonds is 5. The normalized spacial score (nSPS) is 13.9. The van der Waals surface area contributed by atoms with E-state index in [4.69, 9.17) is 0 Å². The Bertz CT molecular complexity index is 904. The molecule has 0 saturated carbocycles. The van der Waals surface area contributed by atoms with Crippen LogP contribution in [0.2, 0.25) is 0 Å². The SMILES string of the molecule is CCC(=O)NCc1nc2c(n1CC)CN(C(=O)c1ccc(C(F)(F)F)cc1)CC2. The van der Waals surface area contributed by atoms with E-state index in [-0.39, 0.29) is 17.4 Å². The lowest BCUT2D eigenvalue weighted by Crippen LogP contribution is -2.36. The average molecular weight is 408 g/mol. The maximum atomic E-state index is 12.8. The van der Waals surface area contributed by atoms with Gasteiger partial charge < -0.3 is 14.8 Å². The first-order valence-electron chi connectivity index (χ1n) is 9.55. The molecule has 0 atom stereocenters. The van der Waals surface area contributed by atoms with Gasteiger partial charge in [0.05, 0.1) is 30.0 Å². The Morgan fingerprint density at radius 2 is 1.86 bits per heavy atom. The van der Waals surface area contributed by atoms with Gasteiger partial charge in [0.1, 0.15) is 5.82 Å². The Labute approximate surface area is 166 Å². The summed E-state index contributed by atoms with van der Waals surface area (Å²) in [5, 5.41) is 2.82. The second kappa shape index (κ2) is 8.26. The van der Waals surface area contributed by atoms with E-state index in [1.54, 1.807) is 11.8 Å². The third kappa shape index (κ3) is 4.44. The Kier molecular flexibility index (Phi) is 5.95. The quantitative estimate of drug-likeness (QED) is 0.827. The number of imidazole rings is 1. The number of amides is 2. The molecule has 0 saturated heterocycles. The van der Waals surface area contributed by atoms with Gasteiger partial charge in [-0.05, 0) is 31.2 Å². The molecule has 2 heterocycles. The molecule has 1 aromatic carbocycles. The lowest BCUT2D eigenvalue weighted by atomic mass is 10.1. The first-order chi connectivity index (χ1) is 13.7. The molecule has 1 aliphatic rings. The fraction of sp³-hybridized carbons (Fsp3) is 0.450. The summed E-state index contributed by atoms with van der Waals surface area (Å²) >= 11 is 0. The van der Waals surface area contributed by atoms with Crippen molar-refractivity contribution in [2.75, 3.05) is 6.54 Å². The van der Waals surface area contributed by atoms with Crippen molar-refractivity contribution in [2.24, 2.45) is 0 Å². The average Bonchev–Trinajstić information content (AvgIpc) is 3.07. The second-order valence-electron chi connectivity index (χ2n) is 6.85. The molecule has 0 unspecified atom stereocenters. The van der Waals surface area contributed by atoms with Gasteiger partial charge in [-0.15, -0.1) is 0 Å². The predicted octanol–water partition coefficient (Wildman–Crippen LogP) is 3.15. The Hall–Kier alpha value is -2.84. The molecule has 0 spiro atoms. The molecule has 3 rings (SSSR count). The number of fused-ring (bicyclic) bond motifs is 1. The van der Waals surface area contributed by atoms with Crippen LogP contribution in [0.5, 0.6) is 0 Å². The summed E-state index contributed by atoms with van der Waals surface area (Å²) in [6, 6.07) is 4.27. The Balaban J connectivity index is 1.77. The first-order valence-corrected chi connectivity index (χ1v) is 9.55. The molecule has 2 amide bonds. The third-order valence-corrected chi connectivity index (χ3v) is 5.02. The fourth-order valence-corrected chi connectivity index (χ4v) is 3.44. The van der Waals surface area contributed by atoms with Gasteiger partial charge in [0.15, 0.2) is 0 Å². The van der Waals surface area contributed by atoms with Crippen LogP contribution in [0.1, 0.15) is 53.4 Å². The largest absolute Gasteiger partial charge is 0.416 e. The summed E-state index contributed by atoms with van der Waals surface area (Å²) in [7, 11) is 0. The highest BCUT2D eigenvalue weighted by molar-refractivity contribution is 5.94. The number of carbonyl (C=O) groups excluding carboxylic acids is 2. The number of alkyl halides is 3. The van der Waals surface area contributed by atoms with Crippen molar-refractivity contribution < 1.29 is 22.8 Å². The first kappa shape index (κ1) is 20.9. The van der Waals surface area contributed by atoms with Crippen LogP contribution in [0.15, 0.2) is 24.3 Å². The maximum Gasteiger partial charge on any atom is 0.416 e. The van der Waals surface area contributed by atoms with Crippen molar-refractivity contribution >= 4 is 11.8 Å². The zero-order valence-electron chi connectivity index (χ0n) is 16.3. The molecule has 1 aromatic heterocycles. The smallest absolute Gasteiger partial charge is 0.349 e. The van der Waals surface area contributed by atoms with E-state index in [0.717, 1.165) is 29.3 Å². The molecule has 1 N–H and O–H groups in total. The molecule has 6 nitrogen and oxygen atoms in total. The second-order valence-corrected chi connectivity index (χ2v) is 6.85. The number of carbonyl (C=O) groups is 2. The van der Waals surface area contributed by atoms with E-state index < -0.39 is 11.7 Å². The monoisotopic (exact) mass is 408 g/mol. The Morgan fingerprint density at radius 3 is 2.45 bits per heavy atom. The standard InChI is InChI=1S/C20H23F3N4O2/c1-3-18(28)24-11-17-25-15-9-10-26(12-16(15)27(17)4-2)19(29)13-5-7-14(8-6-13)20(21,22)23/h5-8H,3-4,9-12H2,1-2H3,(H,24,28). The summed E-state index contributed by atoms with van der Waals surface area (Å²) in [4.78, 5) is 30.6. The molecule has 9 heteroatoms. The summed E-state index contributed by atoms with van der Waals surface area (Å²) in [5.74, 6) is 0.366. The lowest BCUT2D eigenvalue weighted by molar-refractivity contribution is -0.137. The number of nitrogens with zero attached hydrogens (tertiary/aromatic N) is 3. The van der Waals surface area contributed by atoms with E-state index in [1.807, 2.05) is 11.5 Å². The molecule has 29 heavy (non-hydrogen) atoms. The van der Waals surface area contributed by atoms with E-state index in [9.17, 15) is 22.8 Å². The van der Waals surface area contributed by atoms with Crippen molar-refractivity contribution in [1.82, 2.24) is 19.8 Å². The summed E-state index contributed by atoms with van der Waals surface area (Å²) < 4.78 is 40.2. The highest BCUT2D eigenvalue weighted by Crippen LogP contribution is 2.29. The van der Waals surface area contributed by atoms with Crippen molar-refractivity contribution in [3.05, 3.63) is 52.6 Å². The minimum absolute atomic E-state index is 0.0623. The van der Waals surface area contributed by atoms with Crippen LogP contribution in [-0.4, -0.2) is 32.8 Å². The summed E-state index contributed by atoms with van der Waals surface area (Å²) in [6.07, 6.45) is -3.48. The predicted molar refractivity (Wildman–Crippen MR) is 99.9 cm³/mol. The number of nitrogens with one attached hydrogen (secondary N) is 1. The van der Waals surface area contributed by atoms with E-state index in [0.29, 0.717) is 39.0 Å². The third-order valence-electron chi connectivity index (χ3n) is 5.02. The maximum absolute atomic E-state index is 12.8. The minimum Gasteiger partial charge on any atom is -0.349 e. The zero-order chi connectivity index (χ0) is 21.2. The molecular weight excluding hydrogens is 385 g/mol. The summed E-state index contributed by atoms with van der Waals surface area (Å²) in [5.41, 5.74) is 1.24. The minimum atomic E-state index is -4.43. The van der Waals surface area contributed by atoms with Crippen LogP contribution in [0.4, 0.5) is 13.2 Å². The van der Waals surface area contributed by atoms with Gasteiger partial charge >= 0.3 is 6.18 Å². The lowest BCUT2D eigenvalue weighted by Gasteiger charge is -2.27. The van der Waals surface area contributed by atoms with Gasteiger partial charge in [0, 0.05) is 31.5 Å². The molecular formula is C20H23F3N4O2. The van der Waals surface area contributed by atoms with E-state index in [2.05, 4.69) is 10.3 Å². The number of aromatic nitrogens is 2. The molecule has 0 bridgehead atoms. The fourth-order valence-electron chi connectivity index (χ4n) is 3.44. The number of hydrogen-bond donors (Lipinski definition) is 1. The van der Waals surface area contributed by atoms with Crippen LogP contribution in [-0.2, 0) is 37.0 Å². The topological polar surface area (TPSA) is 67.2 Å². The number of hydrogen-bond acceptors (Lipinski definition) is 3. The van der Waals surface area contributed by atoms with Crippen LogP contribution < -0.4 is 5.32 Å². The van der Waals surface area contributed by atoms with Crippen LogP contribution >= 0.6 is 0 Å². The zero-order valence-corrected chi connectivity index (χ0v) is 16.3. The van der Waals surface area contributed by atoms with Gasteiger partial charge in [0.25, 0.3) is 5.91 Å². The van der Waals surface area contributed by atoms with E-state index in [1.165, 1.54) is 12.1 Å². The van der Waals surface area contributed by atoms with Crippen LogP contribution in [0, 0.1) is 0 Å². The van der Waals surface area contributed by atoms with Gasteiger partial charge in [-0.3, -0.25) is 9.59 Å². The number of benzene rings is 1. The van der Waals surface area contributed by atoms with Gasteiger partial charge in [-0.1, -0.05) is 6.92 Å². The molecule has 0 fully saturated rings. The van der Waals surface area contributed by atoms with Crippen LogP contribution in [0.3, 0.4) is 0 Å². The van der Waals surface area contributed by atoms with Crippen molar-refractivity contribution in [3.63, 3.8) is 0 Å². The molecule has 156 valence electrons. The summed E-state index contributed by atoms with van der Waals surface area (Å²) in [6.45, 7) is 5.47. The highest BCUT2D eigenvalue weighted by Gasteiger charge is 2.31. The van der Waals surface area contributed by atoms with Gasteiger partial charge in [-0.25, -0.2) is 4.98 Å². The van der Waals surface area contributed by atoms with Gasteiger partial charge in [0.2, 0.25) is 5.91 Å². The van der Waals surface area contributed by atoms with Crippen molar-refractivity contribution in [3.8, 4) is 0 Å². The molecule has 0 radical (unpaired) electrons. The number of halogens is 3. The van der Waals surface area contributed by atoms with E-state index >= 15 is 0 Å². The van der Waals surface area contributed by atoms with Gasteiger partial charge in [-0.2, -0.15) is 13.2 Å². The van der Waals surface area contributed by atoms with Crippen molar-refractivity contribution in [1.29, 1.82) is 0 Å². The highest BCUT2D eigenvalue weighted by atomic mass is 19.4. The van der Waals surface area contributed by atoms with Crippen molar-refractivity contribution in [2.45, 2.75) is 52.5 Å². The molecule has 0 aliphatic carbocycles. The molecule has 1 aliphatic heterocycles. The van der Waals surface area contributed by atoms with Crippen LogP contribution in [0.25, 0.3) is 0 Å².